The van der Waals surface area contributed by atoms with E-state index in [0.29, 0.717) is 11.8 Å². The second-order valence-electron chi connectivity index (χ2n) is 4.21. The van der Waals surface area contributed by atoms with Gasteiger partial charge in [-0.1, -0.05) is 12.1 Å². The van der Waals surface area contributed by atoms with Gasteiger partial charge in [0.1, 0.15) is 0 Å². The van der Waals surface area contributed by atoms with Crippen molar-refractivity contribution in [2.45, 2.75) is 6.42 Å². The van der Waals surface area contributed by atoms with Crippen LogP contribution in [-0.2, 0) is 6.42 Å². The third-order valence-corrected chi connectivity index (χ3v) is 3.59. The van der Waals surface area contributed by atoms with E-state index in [0.717, 1.165) is 35.4 Å². The Morgan fingerprint density at radius 1 is 1.29 bits per heavy atom. The molecule has 0 radical (unpaired) electrons. The minimum atomic E-state index is 0.583. The van der Waals surface area contributed by atoms with Gasteiger partial charge in [0.25, 0.3) is 0 Å². The number of aromatic nitrogens is 2. The SMILES string of the molecule is Brc1ccccc1-c1nnc(CC2CNC2)o1. The summed E-state index contributed by atoms with van der Waals surface area (Å²) in [5.74, 6) is 1.95. The van der Waals surface area contributed by atoms with Crippen LogP contribution in [0.2, 0.25) is 0 Å². The molecule has 1 aromatic heterocycles. The maximum Gasteiger partial charge on any atom is 0.248 e. The summed E-state index contributed by atoms with van der Waals surface area (Å²) in [7, 11) is 0. The highest BCUT2D eigenvalue weighted by atomic mass is 79.9. The fourth-order valence-electron chi connectivity index (χ4n) is 1.82. The van der Waals surface area contributed by atoms with Crippen molar-refractivity contribution >= 4 is 15.9 Å². The van der Waals surface area contributed by atoms with E-state index in [4.69, 9.17) is 4.42 Å². The highest BCUT2D eigenvalue weighted by Crippen LogP contribution is 2.27. The summed E-state index contributed by atoms with van der Waals surface area (Å²) in [5, 5.41) is 11.4. The van der Waals surface area contributed by atoms with Crippen LogP contribution in [-0.4, -0.2) is 23.3 Å². The summed E-state index contributed by atoms with van der Waals surface area (Å²) < 4.78 is 6.65. The number of hydrogen-bond acceptors (Lipinski definition) is 4. The fraction of sp³-hybridized carbons (Fsp3) is 0.333. The standard InChI is InChI=1S/C12H12BrN3O/c13-10-4-2-1-3-9(10)12-16-15-11(17-12)5-8-6-14-7-8/h1-4,8,14H,5-7H2. The number of hydrogen-bond donors (Lipinski definition) is 1. The minimum absolute atomic E-state index is 0.583. The van der Waals surface area contributed by atoms with Crippen molar-refractivity contribution in [2.24, 2.45) is 5.92 Å². The van der Waals surface area contributed by atoms with Crippen LogP contribution in [0.4, 0.5) is 0 Å². The molecule has 88 valence electrons. The normalized spacial score (nSPS) is 15.8. The number of nitrogens with zero attached hydrogens (tertiary/aromatic N) is 2. The summed E-state index contributed by atoms with van der Waals surface area (Å²) in [4.78, 5) is 0. The van der Waals surface area contributed by atoms with E-state index in [-0.39, 0.29) is 0 Å². The second-order valence-corrected chi connectivity index (χ2v) is 5.06. The van der Waals surface area contributed by atoms with Gasteiger partial charge in [-0.15, -0.1) is 10.2 Å². The number of halogens is 1. The molecule has 1 aliphatic heterocycles. The Balaban J connectivity index is 1.82. The quantitative estimate of drug-likeness (QED) is 0.943. The summed E-state index contributed by atoms with van der Waals surface area (Å²) in [6.45, 7) is 2.10. The molecule has 0 aliphatic carbocycles. The molecule has 5 heteroatoms. The van der Waals surface area contributed by atoms with Crippen LogP contribution >= 0.6 is 15.9 Å². The van der Waals surface area contributed by atoms with Crippen molar-refractivity contribution in [3.63, 3.8) is 0 Å². The van der Waals surface area contributed by atoms with Crippen molar-refractivity contribution in [1.29, 1.82) is 0 Å². The van der Waals surface area contributed by atoms with Gasteiger partial charge in [0.2, 0.25) is 11.8 Å². The average molecular weight is 294 g/mol. The first kappa shape index (κ1) is 10.9. The first-order valence-electron chi connectivity index (χ1n) is 5.61. The van der Waals surface area contributed by atoms with E-state index in [1.165, 1.54) is 0 Å². The van der Waals surface area contributed by atoms with Gasteiger partial charge < -0.3 is 9.73 Å². The summed E-state index contributed by atoms with van der Waals surface area (Å²) in [6.07, 6.45) is 0.866. The van der Waals surface area contributed by atoms with Crippen LogP contribution in [0, 0.1) is 5.92 Å². The Bertz CT molecular complexity index is 522. The topological polar surface area (TPSA) is 51.0 Å². The molecule has 17 heavy (non-hydrogen) atoms. The lowest BCUT2D eigenvalue weighted by Crippen LogP contribution is -2.43. The third kappa shape index (κ3) is 2.25. The molecule has 1 saturated heterocycles. The van der Waals surface area contributed by atoms with Crippen LogP contribution in [0.1, 0.15) is 5.89 Å². The zero-order chi connectivity index (χ0) is 11.7. The van der Waals surface area contributed by atoms with Crippen molar-refractivity contribution in [3.8, 4) is 11.5 Å². The molecule has 0 atom stereocenters. The van der Waals surface area contributed by atoms with E-state index in [9.17, 15) is 0 Å². The van der Waals surface area contributed by atoms with Crippen LogP contribution in [0.3, 0.4) is 0 Å². The maximum atomic E-state index is 5.68. The second kappa shape index (κ2) is 4.58. The van der Waals surface area contributed by atoms with E-state index in [2.05, 4.69) is 31.4 Å². The molecular formula is C12H12BrN3O. The van der Waals surface area contributed by atoms with E-state index in [1.807, 2.05) is 24.3 Å². The molecule has 0 bridgehead atoms. The summed E-state index contributed by atoms with van der Waals surface area (Å²) in [5.41, 5.74) is 0.943. The van der Waals surface area contributed by atoms with Gasteiger partial charge in [0.15, 0.2) is 0 Å². The fourth-order valence-corrected chi connectivity index (χ4v) is 2.27. The predicted octanol–water partition coefficient (Wildman–Crippen LogP) is 2.26. The van der Waals surface area contributed by atoms with Crippen molar-refractivity contribution in [1.82, 2.24) is 15.5 Å². The number of rotatable bonds is 3. The molecule has 0 saturated carbocycles. The Morgan fingerprint density at radius 3 is 2.82 bits per heavy atom. The number of benzene rings is 1. The van der Waals surface area contributed by atoms with Crippen molar-refractivity contribution < 1.29 is 4.42 Å². The van der Waals surface area contributed by atoms with Gasteiger partial charge >= 0.3 is 0 Å². The largest absolute Gasteiger partial charge is 0.421 e. The lowest BCUT2D eigenvalue weighted by Gasteiger charge is -2.25. The van der Waals surface area contributed by atoms with Crippen molar-refractivity contribution in [2.75, 3.05) is 13.1 Å². The van der Waals surface area contributed by atoms with Crippen LogP contribution in [0.15, 0.2) is 33.2 Å². The molecule has 2 heterocycles. The average Bonchev–Trinajstić information content (AvgIpc) is 2.73. The van der Waals surface area contributed by atoms with Gasteiger partial charge in [-0.3, -0.25) is 0 Å². The Hall–Kier alpha value is -1.20. The molecule has 1 fully saturated rings. The molecule has 2 aromatic rings. The zero-order valence-electron chi connectivity index (χ0n) is 9.19. The number of nitrogens with one attached hydrogen (secondary N) is 1. The molecule has 0 amide bonds. The Kier molecular flexibility index (Phi) is 2.94. The Morgan fingerprint density at radius 2 is 2.12 bits per heavy atom. The highest BCUT2D eigenvalue weighted by molar-refractivity contribution is 9.10. The molecular weight excluding hydrogens is 282 g/mol. The maximum absolute atomic E-state index is 5.68. The van der Waals surface area contributed by atoms with Gasteiger partial charge in [-0.25, -0.2) is 0 Å². The molecule has 1 aromatic carbocycles. The Labute approximate surface area is 108 Å². The van der Waals surface area contributed by atoms with Crippen LogP contribution < -0.4 is 5.32 Å². The first-order chi connectivity index (χ1) is 8.33. The summed E-state index contributed by atoms with van der Waals surface area (Å²) >= 11 is 3.48. The van der Waals surface area contributed by atoms with Gasteiger partial charge in [-0.05, 0) is 47.1 Å². The molecule has 0 unspecified atom stereocenters. The summed E-state index contributed by atoms with van der Waals surface area (Å²) in [6, 6.07) is 7.85. The molecule has 0 spiro atoms. The third-order valence-electron chi connectivity index (χ3n) is 2.90. The van der Waals surface area contributed by atoms with Gasteiger partial charge in [0, 0.05) is 10.9 Å². The van der Waals surface area contributed by atoms with E-state index in [1.54, 1.807) is 0 Å². The van der Waals surface area contributed by atoms with Gasteiger partial charge in [-0.2, -0.15) is 0 Å². The molecule has 3 rings (SSSR count). The van der Waals surface area contributed by atoms with Gasteiger partial charge in [0.05, 0.1) is 5.56 Å². The molecule has 1 N–H and O–H groups in total. The zero-order valence-corrected chi connectivity index (χ0v) is 10.8. The smallest absolute Gasteiger partial charge is 0.248 e. The minimum Gasteiger partial charge on any atom is -0.421 e. The van der Waals surface area contributed by atoms with Crippen LogP contribution in [0.25, 0.3) is 11.5 Å². The highest BCUT2D eigenvalue weighted by Gasteiger charge is 2.20. The van der Waals surface area contributed by atoms with E-state index >= 15 is 0 Å². The predicted molar refractivity (Wildman–Crippen MR) is 67.5 cm³/mol. The monoisotopic (exact) mass is 293 g/mol. The molecule has 4 nitrogen and oxygen atoms in total. The molecule has 1 aliphatic rings. The van der Waals surface area contributed by atoms with Crippen molar-refractivity contribution in [3.05, 3.63) is 34.6 Å². The lowest BCUT2D eigenvalue weighted by molar-refractivity contribution is 0.319. The lowest BCUT2D eigenvalue weighted by atomic mass is 10.00. The van der Waals surface area contributed by atoms with Crippen LogP contribution in [0.5, 0.6) is 0 Å². The van der Waals surface area contributed by atoms with E-state index < -0.39 is 0 Å². The first-order valence-corrected chi connectivity index (χ1v) is 6.40.